The lowest BCUT2D eigenvalue weighted by molar-refractivity contribution is -0.134. The Morgan fingerprint density at radius 1 is 0.976 bits per heavy atom. The molecule has 12 nitrogen and oxygen atoms in total. The Bertz CT molecular complexity index is 1500. The van der Waals surface area contributed by atoms with Crippen LogP contribution < -0.4 is 24.0 Å². The molecule has 0 fully saturated rings. The van der Waals surface area contributed by atoms with Crippen molar-refractivity contribution in [1.29, 1.82) is 0 Å². The molecule has 0 bridgehead atoms. The molecular formula is C27H34ClFN6O6S. The largest absolute Gasteiger partial charge is 0.420 e. The highest BCUT2D eigenvalue weighted by Gasteiger charge is 2.27. The number of para-hydroxylation sites is 1. The number of nitrogens with one attached hydrogen (secondary N) is 1. The highest BCUT2D eigenvalue weighted by Crippen LogP contribution is 2.40. The van der Waals surface area contributed by atoms with Gasteiger partial charge in [0.25, 0.3) is 10.0 Å². The van der Waals surface area contributed by atoms with Crippen molar-refractivity contribution in [2.24, 2.45) is 0 Å². The standard InChI is InChI=1S/C27H33FN6O6S.ClH/c1-7-23(35)40-24-20(11-10-12-22(24)39-27(36)32(4)5)30-25-21(17-29-26(31-25)34(8-2)9-3)33(6)41(37,38)19-15-13-18(28)14-16-19;/h10-17H,7-9H2,1-6H3,(H,29,30,31);1H. The number of halogens is 2. The number of carbonyl (C=O) groups is 2. The van der Waals surface area contributed by atoms with Gasteiger partial charge >= 0.3 is 12.1 Å². The number of hydrogen-bond donors (Lipinski definition) is 1. The Kier molecular flexibility index (Phi) is 11.9. The molecule has 0 aliphatic heterocycles. The third-order valence-electron chi connectivity index (χ3n) is 5.91. The molecule has 0 aliphatic rings. The molecule has 42 heavy (non-hydrogen) atoms. The van der Waals surface area contributed by atoms with Crippen LogP contribution in [0.4, 0.5) is 32.3 Å². The van der Waals surface area contributed by atoms with Gasteiger partial charge in [-0.2, -0.15) is 4.98 Å². The average molecular weight is 625 g/mol. The maximum Gasteiger partial charge on any atom is 0.414 e. The Morgan fingerprint density at radius 2 is 1.62 bits per heavy atom. The summed E-state index contributed by atoms with van der Waals surface area (Å²) in [7, 11) is 0.154. The minimum absolute atomic E-state index is 0. The molecule has 0 radical (unpaired) electrons. The molecule has 0 spiro atoms. The topological polar surface area (TPSA) is 134 Å². The number of sulfonamides is 1. The van der Waals surface area contributed by atoms with E-state index in [1.807, 2.05) is 18.7 Å². The number of anilines is 4. The quantitative estimate of drug-likeness (QED) is 0.233. The van der Waals surface area contributed by atoms with E-state index in [4.69, 9.17) is 9.47 Å². The Balaban J connectivity index is 0.00000616. The van der Waals surface area contributed by atoms with Crippen molar-refractivity contribution in [3.63, 3.8) is 0 Å². The summed E-state index contributed by atoms with van der Waals surface area (Å²) in [5.74, 6) is -0.931. The lowest BCUT2D eigenvalue weighted by atomic mass is 10.2. The van der Waals surface area contributed by atoms with Gasteiger partial charge in [-0.05, 0) is 50.2 Å². The fourth-order valence-electron chi connectivity index (χ4n) is 3.54. The Labute approximate surface area is 250 Å². The van der Waals surface area contributed by atoms with Crippen LogP contribution >= 0.6 is 12.4 Å². The number of rotatable bonds is 11. The summed E-state index contributed by atoms with van der Waals surface area (Å²) in [6.45, 7) is 6.61. The third kappa shape index (κ3) is 7.76. The summed E-state index contributed by atoms with van der Waals surface area (Å²) >= 11 is 0. The summed E-state index contributed by atoms with van der Waals surface area (Å²) in [4.78, 5) is 36.5. The van der Waals surface area contributed by atoms with Crippen molar-refractivity contribution in [2.45, 2.75) is 32.1 Å². The van der Waals surface area contributed by atoms with Crippen LogP contribution in [0.5, 0.6) is 11.5 Å². The van der Waals surface area contributed by atoms with Crippen LogP contribution in [0, 0.1) is 5.82 Å². The molecule has 3 aromatic rings. The molecule has 1 aromatic heterocycles. The zero-order valence-electron chi connectivity index (χ0n) is 24.1. The number of nitrogens with zero attached hydrogens (tertiary/aromatic N) is 5. The van der Waals surface area contributed by atoms with Crippen molar-refractivity contribution in [2.75, 3.05) is 48.8 Å². The monoisotopic (exact) mass is 624 g/mol. The van der Waals surface area contributed by atoms with Crippen LogP contribution in [0.2, 0.25) is 0 Å². The van der Waals surface area contributed by atoms with E-state index >= 15 is 0 Å². The zero-order chi connectivity index (χ0) is 30.3. The van der Waals surface area contributed by atoms with Gasteiger partial charge in [0, 0.05) is 40.7 Å². The number of carbonyl (C=O) groups excluding carboxylic acids is 2. The highest BCUT2D eigenvalue weighted by atomic mass is 35.5. The predicted molar refractivity (Wildman–Crippen MR) is 160 cm³/mol. The predicted octanol–water partition coefficient (Wildman–Crippen LogP) is 4.83. The molecule has 15 heteroatoms. The molecule has 0 unspecified atom stereocenters. The van der Waals surface area contributed by atoms with E-state index < -0.39 is 27.9 Å². The van der Waals surface area contributed by atoms with Crippen molar-refractivity contribution < 1.29 is 31.9 Å². The first-order valence-corrected chi connectivity index (χ1v) is 14.2. The van der Waals surface area contributed by atoms with Crippen LogP contribution in [0.25, 0.3) is 0 Å². The molecule has 1 amide bonds. The molecule has 2 aromatic carbocycles. The van der Waals surface area contributed by atoms with E-state index in [0.29, 0.717) is 19.0 Å². The number of aromatic nitrogens is 2. The van der Waals surface area contributed by atoms with Crippen LogP contribution in [0.1, 0.15) is 27.2 Å². The molecule has 1 heterocycles. The lowest BCUT2D eigenvalue weighted by Crippen LogP contribution is -2.29. The number of hydrogen-bond acceptors (Lipinski definition) is 10. The van der Waals surface area contributed by atoms with Crippen LogP contribution in [0.3, 0.4) is 0 Å². The van der Waals surface area contributed by atoms with Crippen molar-refractivity contribution in [1.82, 2.24) is 14.9 Å². The fourth-order valence-corrected chi connectivity index (χ4v) is 4.73. The second-order valence-electron chi connectivity index (χ2n) is 8.85. The van der Waals surface area contributed by atoms with Crippen molar-refractivity contribution in [3.05, 3.63) is 54.5 Å². The van der Waals surface area contributed by atoms with E-state index in [1.165, 1.54) is 38.3 Å². The van der Waals surface area contributed by atoms with Crippen molar-refractivity contribution >= 4 is 57.6 Å². The van der Waals surface area contributed by atoms with Gasteiger partial charge in [0.05, 0.1) is 16.8 Å². The van der Waals surface area contributed by atoms with Gasteiger partial charge in [0.1, 0.15) is 11.5 Å². The molecule has 0 saturated carbocycles. The minimum atomic E-state index is -4.16. The maximum atomic E-state index is 13.5. The summed E-state index contributed by atoms with van der Waals surface area (Å²) in [5.41, 5.74) is 0.225. The number of benzene rings is 2. The second-order valence-corrected chi connectivity index (χ2v) is 10.8. The van der Waals surface area contributed by atoms with Crippen LogP contribution in [-0.4, -0.2) is 69.6 Å². The number of amides is 1. The SMILES string of the molecule is CCC(=O)Oc1c(Nc2nc(N(CC)CC)ncc2N(C)S(=O)(=O)c2ccc(F)cc2)cccc1OC(=O)N(C)C.Cl. The Hall–Kier alpha value is -4.17. The van der Waals surface area contributed by atoms with E-state index in [1.54, 1.807) is 19.1 Å². The fraction of sp³-hybridized carbons (Fsp3) is 0.333. The first-order chi connectivity index (χ1) is 19.4. The summed E-state index contributed by atoms with van der Waals surface area (Å²) in [5, 5.41) is 3.04. The maximum absolute atomic E-state index is 13.5. The Morgan fingerprint density at radius 3 is 2.19 bits per heavy atom. The zero-order valence-corrected chi connectivity index (χ0v) is 25.8. The van der Waals surface area contributed by atoms with E-state index in [2.05, 4.69) is 15.3 Å². The van der Waals surface area contributed by atoms with Gasteiger partial charge < -0.3 is 24.6 Å². The van der Waals surface area contributed by atoms with Crippen molar-refractivity contribution in [3.8, 4) is 11.5 Å². The van der Waals surface area contributed by atoms with Gasteiger partial charge in [0.2, 0.25) is 5.95 Å². The van der Waals surface area contributed by atoms with Gasteiger partial charge in [-0.1, -0.05) is 13.0 Å². The molecule has 1 N–H and O–H groups in total. The van der Waals surface area contributed by atoms with Gasteiger partial charge in [-0.25, -0.2) is 22.6 Å². The van der Waals surface area contributed by atoms with E-state index in [-0.39, 0.29) is 52.4 Å². The lowest BCUT2D eigenvalue weighted by Gasteiger charge is -2.25. The van der Waals surface area contributed by atoms with E-state index in [9.17, 15) is 22.4 Å². The molecule has 0 aliphatic carbocycles. The van der Waals surface area contributed by atoms with Crippen LogP contribution in [0.15, 0.2) is 53.6 Å². The molecular weight excluding hydrogens is 591 g/mol. The molecule has 3 rings (SSSR count). The van der Waals surface area contributed by atoms with Crippen LogP contribution in [-0.2, 0) is 14.8 Å². The average Bonchev–Trinajstić information content (AvgIpc) is 2.95. The number of esters is 1. The van der Waals surface area contributed by atoms with Gasteiger partial charge in [0.15, 0.2) is 17.3 Å². The third-order valence-corrected chi connectivity index (χ3v) is 7.70. The first kappa shape index (κ1) is 34.0. The molecule has 0 saturated heterocycles. The minimum Gasteiger partial charge on any atom is -0.420 e. The summed E-state index contributed by atoms with van der Waals surface area (Å²) in [6, 6.07) is 8.99. The van der Waals surface area contributed by atoms with Gasteiger partial charge in [-0.15, -0.1) is 12.4 Å². The van der Waals surface area contributed by atoms with Gasteiger partial charge in [-0.3, -0.25) is 9.10 Å². The smallest absolute Gasteiger partial charge is 0.414 e. The highest BCUT2D eigenvalue weighted by molar-refractivity contribution is 7.92. The second kappa shape index (κ2) is 14.6. The first-order valence-electron chi connectivity index (χ1n) is 12.8. The van der Waals surface area contributed by atoms with E-state index in [0.717, 1.165) is 28.6 Å². The number of ether oxygens (including phenoxy) is 2. The summed E-state index contributed by atoms with van der Waals surface area (Å²) < 4.78 is 52.3. The molecule has 228 valence electrons. The molecule has 0 atom stereocenters. The summed E-state index contributed by atoms with van der Waals surface area (Å²) in [6.07, 6.45) is 0.684. The normalized spacial score (nSPS) is 10.7.